The molecule has 0 aliphatic heterocycles. The number of carbonyl (C=O) groups excluding carboxylic acids is 1. The molecule has 1 fully saturated rings. The van der Waals surface area contributed by atoms with E-state index in [9.17, 15) is 9.90 Å². The molecule has 1 saturated carbocycles. The molecule has 4 heteroatoms. The van der Waals surface area contributed by atoms with E-state index in [0.29, 0.717) is 19.4 Å². The molecule has 0 spiro atoms. The van der Waals surface area contributed by atoms with Gasteiger partial charge in [-0.1, -0.05) is 12.8 Å². The summed E-state index contributed by atoms with van der Waals surface area (Å²) in [5.74, 6) is -0.0839. The van der Waals surface area contributed by atoms with Crippen molar-refractivity contribution in [2.45, 2.75) is 44.1 Å². The fraction of sp³-hybridized carbons (Fsp3) is 0.900. The largest absolute Gasteiger partial charge is 0.396 e. The summed E-state index contributed by atoms with van der Waals surface area (Å²) in [7, 11) is 0. The van der Waals surface area contributed by atoms with E-state index in [0.717, 1.165) is 25.7 Å². The maximum Gasteiger partial charge on any atom is 0.220 e. The summed E-state index contributed by atoms with van der Waals surface area (Å²) >= 11 is 0. The summed E-state index contributed by atoms with van der Waals surface area (Å²) in [6, 6.07) is 0. The van der Waals surface area contributed by atoms with Crippen LogP contribution in [0.5, 0.6) is 0 Å². The lowest BCUT2D eigenvalue weighted by atomic mass is 10.0. The Morgan fingerprint density at radius 3 is 2.57 bits per heavy atom. The van der Waals surface area contributed by atoms with Crippen LogP contribution in [-0.2, 0) is 4.79 Å². The van der Waals surface area contributed by atoms with Crippen molar-refractivity contribution in [3.63, 3.8) is 0 Å². The second-order valence-corrected chi connectivity index (χ2v) is 4.04. The quantitative estimate of drug-likeness (QED) is 0.594. The first-order valence-electron chi connectivity index (χ1n) is 5.26. The molecule has 0 aromatic carbocycles. The minimum absolute atomic E-state index is 0.0394. The van der Waals surface area contributed by atoms with E-state index < -0.39 is 5.60 Å². The molecule has 0 atom stereocenters. The van der Waals surface area contributed by atoms with E-state index in [-0.39, 0.29) is 12.5 Å². The second kappa shape index (κ2) is 5.32. The number of carbonyl (C=O) groups is 1. The third-order valence-electron chi connectivity index (χ3n) is 2.71. The summed E-state index contributed by atoms with van der Waals surface area (Å²) in [5.41, 5.74) is -0.672. The Morgan fingerprint density at radius 1 is 1.36 bits per heavy atom. The van der Waals surface area contributed by atoms with Crippen LogP contribution >= 0.6 is 0 Å². The highest BCUT2D eigenvalue weighted by Gasteiger charge is 2.31. The van der Waals surface area contributed by atoms with Gasteiger partial charge in [0, 0.05) is 19.6 Å². The van der Waals surface area contributed by atoms with Crippen LogP contribution in [0.3, 0.4) is 0 Å². The molecular weight excluding hydrogens is 182 g/mol. The van der Waals surface area contributed by atoms with E-state index in [1.54, 1.807) is 0 Å². The number of hydrogen-bond donors (Lipinski definition) is 3. The van der Waals surface area contributed by atoms with Gasteiger partial charge in [0.05, 0.1) is 5.60 Å². The van der Waals surface area contributed by atoms with Crippen LogP contribution in [0, 0.1) is 0 Å². The predicted molar refractivity (Wildman–Crippen MR) is 52.7 cm³/mol. The normalized spacial score (nSPS) is 19.6. The lowest BCUT2D eigenvalue weighted by Crippen LogP contribution is -2.40. The zero-order valence-electron chi connectivity index (χ0n) is 8.46. The molecule has 4 nitrogen and oxygen atoms in total. The van der Waals surface area contributed by atoms with Crippen molar-refractivity contribution in [2.75, 3.05) is 13.2 Å². The van der Waals surface area contributed by atoms with E-state index in [4.69, 9.17) is 5.11 Å². The van der Waals surface area contributed by atoms with Gasteiger partial charge in [0.15, 0.2) is 0 Å². The third kappa shape index (κ3) is 3.64. The minimum Gasteiger partial charge on any atom is -0.396 e. The lowest BCUT2D eigenvalue weighted by molar-refractivity contribution is -0.122. The highest BCUT2D eigenvalue weighted by Crippen LogP contribution is 2.28. The standard InChI is InChI=1S/C10H19NO3/c12-7-3-4-9(13)11-8-10(14)5-1-2-6-10/h12,14H,1-8H2,(H,11,13). The van der Waals surface area contributed by atoms with Crippen LogP contribution in [0.15, 0.2) is 0 Å². The summed E-state index contributed by atoms with van der Waals surface area (Å²) in [4.78, 5) is 11.2. The molecule has 0 unspecified atom stereocenters. The van der Waals surface area contributed by atoms with Crippen molar-refractivity contribution in [3.8, 4) is 0 Å². The van der Waals surface area contributed by atoms with E-state index in [1.807, 2.05) is 0 Å². The second-order valence-electron chi connectivity index (χ2n) is 4.04. The molecule has 3 N–H and O–H groups in total. The van der Waals surface area contributed by atoms with E-state index in [2.05, 4.69) is 5.32 Å². The summed E-state index contributed by atoms with van der Waals surface area (Å²) in [6.45, 7) is 0.398. The Bertz CT molecular complexity index is 188. The molecule has 0 aromatic heterocycles. The van der Waals surface area contributed by atoms with Crippen LogP contribution in [0.1, 0.15) is 38.5 Å². The van der Waals surface area contributed by atoms with Crippen molar-refractivity contribution in [1.29, 1.82) is 0 Å². The highest BCUT2D eigenvalue weighted by molar-refractivity contribution is 5.75. The summed E-state index contributed by atoms with van der Waals surface area (Å²) in [5, 5.41) is 21.1. The summed E-state index contributed by atoms with van der Waals surface area (Å²) in [6.07, 6.45) is 4.49. The zero-order chi connectivity index (χ0) is 10.4. The molecule has 82 valence electrons. The Morgan fingerprint density at radius 2 is 2.00 bits per heavy atom. The van der Waals surface area contributed by atoms with Gasteiger partial charge in [0.2, 0.25) is 5.91 Å². The molecule has 0 heterocycles. The number of aliphatic hydroxyl groups is 2. The van der Waals surface area contributed by atoms with Gasteiger partial charge in [-0.25, -0.2) is 0 Å². The molecule has 1 rings (SSSR count). The van der Waals surface area contributed by atoms with Gasteiger partial charge in [0.25, 0.3) is 0 Å². The van der Waals surface area contributed by atoms with Crippen LogP contribution in [0.4, 0.5) is 0 Å². The van der Waals surface area contributed by atoms with Gasteiger partial charge < -0.3 is 15.5 Å². The highest BCUT2D eigenvalue weighted by atomic mass is 16.3. The van der Waals surface area contributed by atoms with Crippen LogP contribution < -0.4 is 5.32 Å². The van der Waals surface area contributed by atoms with Crippen LogP contribution in [-0.4, -0.2) is 34.9 Å². The average Bonchev–Trinajstić information content (AvgIpc) is 2.60. The topological polar surface area (TPSA) is 69.6 Å². The van der Waals surface area contributed by atoms with E-state index in [1.165, 1.54) is 0 Å². The molecule has 0 radical (unpaired) electrons. The van der Waals surface area contributed by atoms with Crippen molar-refractivity contribution in [1.82, 2.24) is 5.32 Å². The molecule has 0 bridgehead atoms. The van der Waals surface area contributed by atoms with Crippen molar-refractivity contribution in [3.05, 3.63) is 0 Å². The van der Waals surface area contributed by atoms with Gasteiger partial charge in [0.1, 0.15) is 0 Å². The number of amides is 1. The SMILES string of the molecule is O=C(CCCO)NCC1(O)CCCC1. The molecule has 1 aliphatic rings. The molecule has 1 amide bonds. The first-order chi connectivity index (χ1) is 6.66. The molecule has 0 aromatic rings. The maximum absolute atomic E-state index is 11.2. The zero-order valence-corrected chi connectivity index (χ0v) is 8.46. The third-order valence-corrected chi connectivity index (χ3v) is 2.71. The lowest BCUT2D eigenvalue weighted by Gasteiger charge is -2.22. The average molecular weight is 201 g/mol. The summed E-state index contributed by atoms with van der Waals surface area (Å²) < 4.78 is 0. The molecule has 1 aliphatic carbocycles. The van der Waals surface area contributed by atoms with Gasteiger partial charge >= 0.3 is 0 Å². The molecule has 0 saturated heterocycles. The fourth-order valence-electron chi connectivity index (χ4n) is 1.80. The van der Waals surface area contributed by atoms with Crippen molar-refractivity contribution in [2.24, 2.45) is 0 Å². The number of rotatable bonds is 5. The van der Waals surface area contributed by atoms with Gasteiger partial charge in [-0.15, -0.1) is 0 Å². The number of nitrogens with one attached hydrogen (secondary N) is 1. The van der Waals surface area contributed by atoms with Gasteiger partial charge in [-0.05, 0) is 19.3 Å². The number of hydrogen-bond acceptors (Lipinski definition) is 3. The predicted octanol–water partition coefficient (Wildman–Crippen LogP) is 0.180. The Labute approximate surface area is 84.3 Å². The molecular formula is C10H19NO3. The Balaban J connectivity index is 2.15. The maximum atomic E-state index is 11.2. The smallest absolute Gasteiger partial charge is 0.220 e. The molecule has 14 heavy (non-hydrogen) atoms. The van der Waals surface area contributed by atoms with Crippen molar-refractivity contribution >= 4 is 5.91 Å². The monoisotopic (exact) mass is 201 g/mol. The van der Waals surface area contributed by atoms with E-state index >= 15 is 0 Å². The Kier molecular flexibility index (Phi) is 4.35. The van der Waals surface area contributed by atoms with Crippen LogP contribution in [0.2, 0.25) is 0 Å². The minimum atomic E-state index is -0.672. The van der Waals surface area contributed by atoms with Crippen LogP contribution in [0.25, 0.3) is 0 Å². The Hall–Kier alpha value is -0.610. The first kappa shape index (κ1) is 11.5. The van der Waals surface area contributed by atoms with Gasteiger partial charge in [-0.3, -0.25) is 4.79 Å². The van der Waals surface area contributed by atoms with Crippen molar-refractivity contribution < 1.29 is 15.0 Å². The first-order valence-corrected chi connectivity index (χ1v) is 5.26. The number of aliphatic hydroxyl groups excluding tert-OH is 1. The fourth-order valence-corrected chi connectivity index (χ4v) is 1.80. The van der Waals surface area contributed by atoms with Gasteiger partial charge in [-0.2, -0.15) is 0 Å².